The summed E-state index contributed by atoms with van der Waals surface area (Å²) in [5.74, 6) is -1.48. The first-order valence-electron chi connectivity index (χ1n) is 7.46. The van der Waals surface area contributed by atoms with Crippen molar-refractivity contribution < 1.29 is 24.2 Å². The van der Waals surface area contributed by atoms with Crippen LogP contribution < -0.4 is 10.1 Å². The van der Waals surface area contributed by atoms with Crippen LogP contribution in [0.2, 0.25) is 0 Å². The second-order valence-corrected chi connectivity index (χ2v) is 5.89. The lowest BCUT2D eigenvalue weighted by molar-refractivity contribution is -0.130. The quantitative estimate of drug-likeness (QED) is 0.770. The van der Waals surface area contributed by atoms with E-state index in [4.69, 9.17) is 9.47 Å². The van der Waals surface area contributed by atoms with Gasteiger partial charge in [-0.3, -0.25) is 4.79 Å². The molecule has 2 atom stereocenters. The van der Waals surface area contributed by atoms with Crippen molar-refractivity contribution in [1.29, 1.82) is 5.26 Å². The Morgan fingerprint density at radius 3 is 2.42 bits per heavy atom. The Balaban J connectivity index is 2.80. The van der Waals surface area contributed by atoms with E-state index in [1.54, 1.807) is 20.8 Å². The zero-order valence-electron chi connectivity index (χ0n) is 14.4. The smallest absolute Gasteiger partial charge is 0.342 e. The monoisotopic (exact) mass is 334 g/mol. The molecule has 0 saturated carbocycles. The summed E-state index contributed by atoms with van der Waals surface area (Å²) >= 11 is 0. The van der Waals surface area contributed by atoms with Crippen LogP contribution in [0.15, 0.2) is 18.2 Å². The molecule has 0 aliphatic carbocycles. The molecule has 7 heteroatoms. The van der Waals surface area contributed by atoms with Crippen molar-refractivity contribution in [3.63, 3.8) is 0 Å². The van der Waals surface area contributed by atoms with E-state index in [0.717, 1.165) is 0 Å². The Bertz CT molecular complexity index is 665. The molecule has 0 unspecified atom stereocenters. The van der Waals surface area contributed by atoms with E-state index < -0.39 is 23.5 Å². The molecule has 7 nitrogen and oxygen atoms in total. The Labute approximate surface area is 141 Å². The van der Waals surface area contributed by atoms with E-state index in [1.807, 2.05) is 6.07 Å². The van der Waals surface area contributed by atoms with Gasteiger partial charge >= 0.3 is 5.97 Å². The molecule has 0 spiro atoms. The third-order valence-electron chi connectivity index (χ3n) is 3.85. The largest absolute Gasteiger partial charge is 0.507 e. The molecule has 0 aliphatic rings. The molecule has 0 aliphatic heterocycles. The highest BCUT2D eigenvalue weighted by atomic mass is 16.5. The number of phenols is 1. The zero-order chi connectivity index (χ0) is 18.5. The number of carbonyl (C=O) groups is 2. The van der Waals surface area contributed by atoms with Crippen LogP contribution in [0, 0.1) is 17.2 Å². The van der Waals surface area contributed by atoms with Gasteiger partial charge in [0, 0.05) is 6.07 Å². The summed E-state index contributed by atoms with van der Waals surface area (Å²) < 4.78 is 9.99. The van der Waals surface area contributed by atoms with Gasteiger partial charge in [-0.15, -0.1) is 0 Å². The summed E-state index contributed by atoms with van der Waals surface area (Å²) in [6.07, 6.45) is -1.12. The summed E-state index contributed by atoms with van der Waals surface area (Å²) in [6.45, 7) is 6.59. The summed E-state index contributed by atoms with van der Waals surface area (Å²) in [5.41, 5.74) is -1.15. The molecule has 0 radical (unpaired) electrons. The Morgan fingerprint density at radius 2 is 1.96 bits per heavy atom. The van der Waals surface area contributed by atoms with Crippen LogP contribution in [0.1, 0.15) is 38.1 Å². The van der Waals surface area contributed by atoms with Gasteiger partial charge in [0.15, 0.2) is 6.10 Å². The van der Waals surface area contributed by atoms with Crippen molar-refractivity contribution in [2.24, 2.45) is 5.92 Å². The molecular formula is C17H22N2O5. The number of ether oxygens (including phenoxy) is 2. The number of hydrogen-bond acceptors (Lipinski definition) is 6. The van der Waals surface area contributed by atoms with Gasteiger partial charge < -0.3 is 19.9 Å². The minimum atomic E-state index is -1.12. The number of nitrogens with zero attached hydrogens (tertiary/aromatic N) is 1. The summed E-state index contributed by atoms with van der Waals surface area (Å²) in [6, 6.07) is 6.15. The van der Waals surface area contributed by atoms with Gasteiger partial charge in [-0.05, 0) is 31.9 Å². The van der Waals surface area contributed by atoms with Gasteiger partial charge in [-0.2, -0.15) is 5.26 Å². The number of esters is 1. The molecule has 1 aromatic rings. The van der Waals surface area contributed by atoms with Gasteiger partial charge in [-0.1, -0.05) is 13.8 Å². The van der Waals surface area contributed by atoms with Crippen LogP contribution in [-0.2, 0) is 9.53 Å². The van der Waals surface area contributed by atoms with Crippen LogP contribution in [0.3, 0.4) is 0 Å². The number of carbonyl (C=O) groups excluding carboxylic acids is 2. The first-order valence-corrected chi connectivity index (χ1v) is 7.46. The molecule has 0 fully saturated rings. The average Bonchev–Trinajstić information content (AvgIpc) is 2.53. The fraction of sp³-hybridized carbons (Fsp3) is 0.471. The second-order valence-electron chi connectivity index (χ2n) is 5.89. The molecule has 0 aromatic heterocycles. The molecular weight excluding hydrogens is 312 g/mol. The molecule has 130 valence electrons. The highest BCUT2D eigenvalue weighted by Crippen LogP contribution is 2.24. The van der Waals surface area contributed by atoms with E-state index in [-0.39, 0.29) is 17.2 Å². The maximum absolute atomic E-state index is 12.2. The number of methoxy groups -OCH3 is 1. The molecule has 0 bridgehead atoms. The minimum absolute atomic E-state index is 0.0812. The van der Waals surface area contributed by atoms with Crippen molar-refractivity contribution in [2.75, 3.05) is 7.11 Å². The lowest BCUT2D eigenvalue weighted by atomic mass is 9.90. The number of nitriles is 1. The average molecular weight is 334 g/mol. The van der Waals surface area contributed by atoms with E-state index >= 15 is 0 Å². The Morgan fingerprint density at radius 1 is 1.33 bits per heavy atom. The fourth-order valence-electron chi connectivity index (χ4n) is 1.75. The van der Waals surface area contributed by atoms with Crippen LogP contribution in [-0.4, -0.2) is 35.7 Å². The third-order valence-corrected chi connectivity index (χ3v) is 3.85. The number of amides is 1. The SMILES string of the molecule is COc1ccc(C(=O)O[C@H](C)C(=O)N[C@](C)(C#N)C(C)C)c(O)c1. The van der Waals surface area contributed by atoms with Gasteiger partial charge in [0.25, 0.3) is 5.91 Å². The number of benzene rings is 1. The number of nitrogens with one attached hydrogen (secondary N) is 1. The first-order chi connectivity index (χ1) is 11.1. The van der Waals surface area contributed by atoms with Gasteiger partial charge in [-0.25, -0.2) is 4.79 Å². The van der Waals surface area contributed by atoms with E-state index in [9.17, 15) is 20.0 Å². The van der Waals surface area contributed by atoms with Crippen LogP contribution >= 0.6 is 0 Å². The number of aromatic hydroxyl groups is 1. The topological polar surface area (TPSA) is 109 Å². The Kier molecular flexibility index (Phi) is 6.18. The second kappa shape index (κ2) is 7.68. The fourth-order valence-corrected chi connectivity index (χ4v) is 1.75. The molecule has 0 saturated heterocycles. The molecule has 0 heterocycles. The standard InChI is InChI=1S/C17H22N2O5/c1-10(2)17(4,9-18)19-15(21)11(3)24-16(22)13-7-6-12(23-5)8-14(13)20/h6-8,10-11,20H,1-5H3,(H,19,21)/t11-,17-/m1/s1. The predicted octanol–water partition coefficient (Wildman–Crippen LogP) is 2.00. The van der Waals surface area contributed by atoms with Crippen molar-refractivity contribution in [1.82, 2.24) is 5.32 Å². The highest BCUT2D eigenvalue weighted by molar-refractivity contribution is 5.94. The van der Waals surface area contributed by atoms with Crippen molar-refractivity contribution in [2.45, 2.75) is 39.3 Å². The van der Waals surface area contributed by atoms with E-state index in [1.165, 1.54) is 32.2 Å². The first kappa shape index (κ1) is 19.3. The summed E-state index contributed by atoms with van der Waals surface area (Å²) in [7, 11) is 1.43. The molecule has 1 amide bonds. The van der Waals surface area contributed by atoms with Crippen LogP contribution in [0.5, 0.6) is 11.5 Å². The summed E-state index contributed by atoms with van der Waals surface area (Å²) in [5, 5.41) is 21.6. The van der Waals surface area contributed by atoms with Crippen LogP contribution in [0.25, 0.3) is 0 Å². The zero-order valence-corrected chi connectivity index (χ0v) is 14.4. The highest BCUT2D eigenvalue weighted by Gasteiger charge is 2.32. The van der Waals surface area contributed by atoms with Gasteiger partial charge in [0.1, 0.15) is 22.6 Å². The maximum atomic E-state index is 12.2. The molecule has 1 rings (SSSR count). The lowest BCUT2D eigenvalue weighted by Crippen LogP contribution is -2.52. The normalized spacial score (nSPS) is 14.2. The number of hydrogen-bond donors (Lipinski definition) is 2. The third kappa shape index (κ3) is 4.38. The van der Waals surface area contributed by atoms with Crippen molar-refractivity contribution in [3.8, 4) is 17.6 Å². The number of phenolic OH excluding ortho intramolecular Hbond substituents is 1. The molecule has 2 N–H and O–H groups in total. The van der Waals surface area contributed by atoms with E-state index in [2.05, 4.69) is 5.32 Å². The molecule has 24 heavy (non-hydrogen) atoms. The molecule has 1 aromatic carbocycles. The maximum Gasteiger partial charge on any atom is 0.342 e. The van der Waals surface area contributed by atoms with Gasteiger partial charge in [0.2, 0.25) is 0 Å². The lowest BCUT2D eigenvalue weighted by Gasteiger charge is -2.28. The van der Waals surface area contributed by atoms with Crippen molar-refractivity contribution in [3.05, 3.63) is 23.8 Å². The van der Waals surface area contributed by atoms with Crippen molar-refractivity contribution >= 4 is 11.9 Å². The predicted molar refractivity (Wildman–Crippen MR) is 86.5 cm³/mol. The van der Waals surface area contributed by atoms with Gasteiger partial charge in [0.05, 0.1) is 13.2 Å². The summed E-state index contributed by atoms with van der Waals surface area (Å²) in [4.78, 5) is 24.2. The Hall–Kier alpha value is -2.75. The minimum Gasteiger partial charge on any atom is -0.507 e. The van der Waals surface area contributed by atoms with E-state index in [0.29, 0.717) is 5.75 Å². The number of rotatable bonds is 6. The van der Waals surface area contributed by atoms with Crippen LogP contribution in [0.4, 0.5) is 0 Å².